The molecule has 42 heteroatoms. The van der Waals surface area contributed by atoms with E-state index in [2.05, 4.69) is 191 Å². The van der Waals surface area contributed by atoms with Crippen molar-refractivity contribution in [2.24, 2.45) is 17.4 Å². The Hall–Kier alpha value is -10.3. The first kappa shape index (κ1) is 122. The van der Waals surface area contributed by atoms with E-state index in [0.717, 1.165) is 131 Å². The van der Waals surface area contributed by atoms with Crippen LogP contribution in [0.1, 0.15) is 233 Å². The molecule has 0 spiro atoms. The molecule has 8 heterocycles. The summed E-state index contributed by atoms with van der Waals surface area (Å²) in [5.41, 5.74) is 21.9. The van der Waals surface area contributed by atoms with E-state index in [1.54, 1.807) is 128 Å². The van der Waals surface area contributed by atoms with Crippen LogP contribution in [-0.2, 0) is 26.6 Å². The first-order chi connectivity index (χ1) is 70.4. The summed E-state index contributed by atoms with van der Waals surface area (Å²) in [7, 11) is 3.45. The third-order valence-electron chi connectivity index (χ3n) is 25.2. The molecule has 0 bridgehead atoms. The predicted molar refractivity (Wildman–Crippen MR) is 613 cm³/mol. The van der Waals surface area contributed by atoms with Crippen molar-refractivity contribution in [2.75, 3.05) is 30.1 Å². The minimum Gasteiger partial charge on any atom is -0.870 e. The van der Waals surface area contributed by atoms with Gasteiger partial charge in [0.05, 0.1) is 106 Å². The number of anilines is 3. The number of thiazole rings is 4. The number of carbonyl (C=O) groups excluding carboxylic acids is 6. The maximum atomic E-state index is 13.0. The van der Waals surface area contributed by atoms with Gasteiger partial charge in [-0.05, 0) is 300 Å². The van der Waals surface area contributed by atoms with Gasteiger partial charge in [0.15, 0.2) is 5.01 Å². The van der Waals surface area contributed by atoms with E-state index in [1.165, 1.54) is 135 Å². The van der Waals surface area contributed by atoms with Crippen molar-refractivity contribution >= 4 is 277 Å². The second-order valence-electron chi connectivity index (χ2n) is 35.6. The molecule has 2 atom stereocenters. The summed E-state index contributed by atoms with van der Waals surface area (Å²) in [5.74, 6) is -2.69. The molecule has 0 unspecified atom stereocenters. The summed E-state index contributed by atoms with van der Waals surface area (Å²) in [6.07, 6.45) is 27.2. The third-order valence-corrected chi connectivity index (χ3v) is 32.7. The number of amides is 5. The monoisotopic (exact) mass is 2490 g/mol. The van der Waals surface area contributed by atoms with Crippen molar-refractivity contribution in [1.82, 2.24) is 50.5 Å². The number of primary amides is 1. The number of carboxylic acids is 2. The smallest absolute Gasteiger partial charge is 0.870 e. The fourth-order valence-electron chi connectivity index (χ4n) is 16.3. The molecule has 0 radical (unpaired) electrons. The summed E-state index contributed by atoms with van der Waals surface area (Å²) < 4.78 is 13.1. The van der Waals surface area contributed by atoms with Gasteiger partial charge in [0.1, 0.15) is 0 Å². The number of hydrogen-bond acceptors (Lipinski definition) is 24. The summed E-state index contributed by atoms with van der Waals surface area (Å²) in [4.78, 5) is 127. The van der Waals surface area contributed by atoms with Gasteiger partial charge >= 0.3 is 36.8 Å². The first-order valence-electron chi connectivity index (χ1n) is 46.7. The second-order valence-corrected chi connectivity index (χ2v) is 46.1. The number of fused-ring (bicyclic) bond motifs is 4. The van der Waals surface area contributed by atoms with Crippen LogP contribution in [0.3, 0.4) is 0 Å². The van der Waals surface area contributed by atoms with Crippen LogP contribution in [0.4, 0.5) is 17.1 Å². The number of methoxy groups -OCH3 is 1. The van der Waals surface area contributed by atoms with Crippen molar-refractivity contribution < 1.29 is 83.1 Å². The molecule has 14 N–H and O–H groups in total. The van der Waals surface area contributed by atoms with Crippen LogP contribution in [0.25, 0.3) is 40.9 Å². The number of aromatic nitrogens is 8. The quantitative estimate of drug-likeness (QED) is 0.0284. The number of esters is 1. The van der Waals surface area contributed by atoms with Gasteiger partial charge in [0, 0.05) is 99.2 Å². The normalized spacial score (nSPS) is 15.0. The zero-order valence-electron chi connectivity index (χ0n) is 82.1. The number of rotatable bonds is 18. The zero-order chi connectivity index (χ0) is 105. The Morgan fingerprint density at radius 3 is 1.05 bits per heavy atom. The molecule has 28 nitrogen and oxygen atoms in total. The van der Waals surface area contributed by atoms with Crippen LogP contribution in [0.2, 0.25) is 20.1 Å². The molecule has 0 saturated heterocycles. The molecule has 5 aliphatic carbocycles. The number of nitrogens with one attached hydrogen (secondary N) is 5. The molecular weight excluding hydrogens is 2390 g/mol. The molecule has 778 valence electrons. The van der Waals surface area contributed by atoms with Gasteiger partial charge < -0.3 is 64.0 Å². The molecule has 16 aromatic rings. The molecule has 5 fully saturated rings. The Bertz CT molecular complexity index is 7160. The van der Waals surface area contributed by atoms with Crippen molar-refractivity contribution in [1.29, 1.82) is 0 Å². The Morgan fingerprint density at radius 2 is 0.747 bits per heavy atom. The summed E-state index contributed by atoms with van der Waals surface area (Å²) in [5, 5.41) is 35.6. The number of nitrogens with zero attached hydrogens (tertiary/aromatic N) is 8. The van der Waals surface area contributed by atoms with Gasteiger partial charge in [-0.3, -0.25) is 43.9 Å². The number of aromatic carboxylic acids is 2. The van der Waals surface area contributed by atoms with Crippen molar-refractivity contribution in [3.05, 3.63) is 351 Å². The van der Waals surface area contributed by atoms with E-state index in [4.69, 9.17) is 68.1 Å². The predicted octanol–water partition coefficient (Wildman–Crippen LogP) is 25.2. The van der Waals surface area contributed by atoms with Crippen LogP contribution in [0.15, 0.2) is 266 Å². The van der Waals surface area contributed by atoms with Gasteiger partial charge in [-0.2, -0.15) is 0 Å². The molecule has 5 amide bonds. The largest absolute Gasteiger partial charge is 1.00 e. The van der Waals surface area contributed by atoms with E-state index in [0.29, 0.717) is 74.8 Å². The number of nitrogens with two attached hydrogens (primary N) is 2. The molecule has 5 saturated carbocycles. The first-order valence-corrected chi connectivity index (χ1v) is 55.5. The molecule has 150 heavy (non-hydrogen) atoms. The van der Waals surface area contributed by atoms with Gasteiger partial charge in [-0.1, -0.05) is 187 Å². The molecule has 5 aliphatic rings. The van der Waals surface area contributed by atoms with Crippen molar-refractivity contribution in [3.63, 3.8) is 0 Å². The Morgan fingerprint density at radius 1 is 0.413 bits per heavy atom. The summed E-state index contributed by atoms with van der Waals surface area (Å²) in [6, 6.07) is 65.7. The Labute approximate surface area is 956 Å². The molecule has 8 aromatic carbocycles. The fraction of sp³-hybridized carbons (Fsp3) is 0.259. The summed E-state index contributed by atoms with van der Waals surface area (Å²) >= 11 is 45.2. The number of ether oxygens (including phenoxy) is 1. The minimum atomic E-state index is -0.975. The van der Waals surface area contributed by atoms with Crippen LogP contribution >= 0.6 is 171 Å². The number of benzene rings is 8. The van der Waals surface area contributed by atoms with E-state index in [-0.39, 0.29) is 80.4 Å². The van der Waals surface area contributed by atoms with Crippen LogP contribution in [0, 0.1) is 5.92 Å². The van der Waals surface area contributed by atoms with Gasteiger partial charge in [-0.15, -0.1) is 45.3 Å². The molecule has 21 rings (SSSR count). The molecular formula is C108H105Br5Cl4LiN15O13S4. The van der Waals surface area contributed by atoms with E-state index < -0.39 is 23.4 Å². The third kappa shape index (κ3) is 33.8. The number of hydrogen-bond donors (Lipinski definition) is 9. The Kier molecular flexibility index (Phi) is 46.2. The van der Waals surface area contributed by atoms with E-state index in [1.807, 2.05) is 97.2 Å². The SMILES string of the molecule is CC1(c2ccc(Br)cn2)CCC1.CC1(c2ccc(NC(=O)c3cccc(Cl)c3)cn2)CCC1.CC[C@H]1CCCC[C@@H]1NC.COC(=O)c1nc2ccc(Br)cc2s1.NC(=O)c1cccc(Cl)c1.NC1(c2ccc(NC(=O)c3cccc(Cl)c3)cn2)CCC1.O.O=C(Nc1ccc(C2(NC(=O)c3nc4ccc(Br)cc4s3)CCC2)nc1)c1cccc(Cl)c1.O=C(O)c1nc2ccc(Br)cc2s1.O=C(O)c1nc2ccc(Br)cc2s1.[Li+].[OH-]. The zero-order valence-corrected chi connectivity index (χ0v) is 96.3. The van der Waals surface area contributed by atoms with Crippen LogP contribution in [-0.4, -0.2) is 129 Å². The number of pyridine rings is 4. The fourth-order valence-corrected chi connectivity index (χ4v) is 22.9. The van der Waals surface area contributed by atoms with E-state index >= 15 is 0 Å². The Balaban J connectivity index is 0.000000177. The van der Waals surface area contributed by atoms with Gasteiger partial charge in [0.2, 0.25) is 20.9 Å². The number of halogens is 9. The van der Waals surface area contributed by atoms with Crippen molar-refractivity contribution in [2.45, 2.75) is 158 Å². The molecule has 8 aromatic heterocycles. The van der Waals surface area contributed by atoms with Crippen molar-refractivity contribution in [3.8, 4) is 0 Å². The molecule has 0 aliphatic heterocycles. The maximum absolute atomic E-state index is 13.0. The van der Waals surface area contributed by atoms with E-state index in [9.17, 15) is 38.4 Å². The van der Waals surface area contributed by atoms with Crippen LogP contribution in [0.5, 0.6) is 0 Å². The maximum Gasteiger partial charge on any atom is 1.00 e. The van der Waals surface area contributed by atoms with Gasteiger partial charge in [0.25, 0.3) is 23.6 Å². The number of carbonyl (C=O) groups is 8. The topological polar surface area (TPSA) is 463 Å². The van der Waals surface area contributed by atoms with Gasteiger partial charge in [-0.25, -0.2) is 34.3 Å². The van der Waals surface area contributed by atoms with Crippen LogP contribution < -0.4 is 56.9 Å². The number of carboxylic acid groups (broad SMARTS) is 2. The average molecular weight is 2500 g/mol. The minimum absolute atomic E-state index is 0. The summed E-state index contributed by atoms with van der Waals surface area (Å²) in [6.45, 7) is 6.84. The second kappa shape index (κ2) is 57.0. The standard InChI is InChI=1S/C24H18BrClN4O2S.C17H17ClN2O.C16H16ClN3O.C10H12BrN.C9H6BrNO2S.C9H19N.2C8H4BrNO2S.C7H6ClNO.Li.2H2O/c25-15-5-7-18-19(12-15)33-23(29-18)22(32)30-24(9-2-10-24)20-8-6-17(13-27-20)28-21(31)14-3-1-4-16(26)11-14;1-17(8-3-9-17)15-7-6-14(11-19-15)20-16(21)12-4-2-5-13(18)10-12;17-12-4-1-3-11(9-12)15(21)20-13-5-6-14(19-10-13)16(18)7-2-8-16;1-10(5-2-6-10)9-4-3-8(11)7-12-9;1-13-9(12)8-11-6-3-2-5(10)4-7(6)14-8;1-3-8-6-4-5-7-9(8)10-2;2*9-4-1-2-5-6(3-4)13-7(10-5)8(11)12;8-6-3-1-2-5(4-6)7(9)10;;;/h1,3-8,11-13H,2,9-10H2,(H,28,31)(H,30,32);2,4-7,10-11H,3,8-9H2,1H3,(H,20,21);1,3-6,9-10H,2,7-8,18H2,(H,20,21);3-4,7H,2,5-6H2,1H3;2-4H,1H3;8-10H,3-7H2,1-2H3;2*1-3H,(H,11,12);1-4H,(H2,9,10);;2*1H2/q;;;;;;;;;+1;;/p-1/t;;;;;8-,9-;;;;;;/m.....0....../s1. The average Bonchev–Trinajstić information content (AvgIpc) is 1.04.